The number of hydrogen-bond acceptors (Lipinski definition) is 14. The van der Waals surface area contributed by atoms with Crippen LogP contribution in [0.3, 0.4) is 0 Å². The largest absolute Gasteiger partial charge is 0.394 e. The summed E-state index contributed by atoms with van der Waals surface area (Å²) in [5, 5.41) is 35.4. The van der Waals surface area contributed by atoms with E-state index < -0.39 is 62.1 Å². The van der Waals surface area contributed by atoms with E-state index in [1.54, 1.807) is 67.6 Å². The molecule has 0 aliphatic carbocycles. The highest BCUT2D eigenvalue weighted by Crippen LogP contribution is 2.29. The molecule has 0 aliphatic rings. The van der Waals surface area contributed by atoms with Crippen molar-refractivity contribution in [3.63, 3.8) is 0 Å². The van der Waals surface area contributed by atoms with E-state index >= 15 is 0 Å². The molecule has 0 radical (unpaired) electrons. The van der Waals surface area contributed by atoms with Gasteiger partial charge in [-0.15, -0.1) is 0 Å². The van der Waals surface area contributed by atoms with Gasteiger partial charge in [-0.3, -0.25) is 23.9 Å². The molecule has 2 atom stereocenters. The summed E-state index contributed by atoms with van der Waals surface area (Å²) in [6, 6.07) is 19.8. The fourth-order valence-electron chi connectivity index (χ4n) is 6.73. The molecule has 0 aliphatic heterocycles. The van der Waals surface area contributed by atoms with Crippen molar-refractivity contribution in [1.29, 1.82) is 0 Å². The number of amides is 2. The number of aliphatic hydroxyl groups is 3. The minimum atomic E-state index is -4.45. The predicted molar refractivity (Wildman–Crippen MR) is 223 cm³/mol. The van der Waals surface area contributed by atoms with E-state index in [9.17, 15) is 46.0 Å². The van der Waals surface area contributed by atoms with Crippen LogP contribution in [0.5, 0.6) is 0 Å². The van der Waals surface area contributed by atoms with E-state index in [-0.39, 0.29) is 78.7 Å². The number of hydrogen-bond donors (Lipinski definition) is 7. The smallest absolute Gasteiger partial charge is 0.280 e. The highest BCUT2D eigenvalue weighted by Gasteiger charge is 2.34. The minimum Gasteiger partial charge on any atom is -0.394 e. The van der Waals surface area contributed by atoms with Gasteiger partial charge in [0.25, 0.3) is 31.6 Å². The lowest BCUT2D eigenvalue weighted by atomic mass is 10.0. The summed E-state index contributed by atoms with van der Waals surface area (Å²) in [7, 11) is -8.68. The first kappa shape index (κ1) is 44.6. The number of anilines is 1. The number of H-pyrrole nitrogens is 1. The second kappa shape index (κ2) is 19.2. The molecule has 6 rings (SSSR count). The topological polar surface area (TPSA) is 286 Å². The molecule has 0 saturated heterocycles. The third kappa shape index (κ3) is 10.5. The van der Waals surface area contributed by atoms with Crippen LogP contribution in [-0.2, 0) is 31.5 Å². The van der Waals surface area contributed by atoms with E-state index in [2.05, 4.69) is 30.6 Å². The van der Waals surface area contributed by atoms with Crippen molar-refractivity contribution in [3.05, 3.63) is 106 Å². The van der Waals surface area contributed by atoms with Crippen LogP contribution in [0.25, 0.3) is 33.0 Å². The Balaban J connectivity index is 1.15. The number of rotatable bonds is 19. The average Bonchev–Trinajstić information content (AvgIpc) is 3.23. The molecule has 19 nitrogen and oxygen atoms in total. The molecule has 3 aromatic heterocycles. The Morgan fingerprint density at radius 1 is 0.885 bits per heavy atom. The van der Waals surface area contributed by atoms with Gasteiger partial charge in [-0.2, -0.15) is 18.0 Å². The highest BCUT2D eigenvalue weighted by molar-refractivity contribution is 7.89. The standard InChI is InChI=1S/C40H44N8O11S2/c1-25-14-16-26(17-15-25)61(58,59)48(39(54)34-27-9-2-4-11-30(27)47(20-8-22-60(55,56)57)31-12-5-3-10-28(31)34)21-6-13-33(51)41-18-7-19-42-40-45-37-35(38(53)46-40)44-29(23-43-37)36(52)32(50)24-49/h2-5,9-12,14-17,23,32,36,49-50,52H,6-8,13,18-22,24H2,1H3,(H3-,41,42,43,45,46,51,53,55,56,57)/p+1/t32-,36+/m1/s1. The Kier molecular flexibility index (Phi) is 14.0. The van der Waals surface area contributed by atoms with Gasteiger partial charge >= 0.3 is 0 Å². The molecule has 0 bridgehead atoms. The average molecular weight is 878 g/mol. The predicted octanol–water partition coefficient (Wildman–Crippen LogP) is 1.51. The zero-order valence-electron chi connectivity index (χ0n) is 32.9. The van der Waals surface area contributed by atoms with E-state index in [1.807, 2.05) is 4.57 Å². The molecule has 61 heavy (non-hydrogen) atoms. The number of aryl methyl sites for hydroxylation is 2. The van der Waals surface area contributed by atoms with Crippen LogP contribution in [0.15, 0.2) is 88.7 Å². The first-order chi connectivity index (χ1) is 29.1. The number of nitrogens with zero attached hydrogens (tertiary/aromatic N) is 5. The summed E-state index contributed by atoms with van der Waals surface area (Å²) >= 11 is 0. The number of para-hydroxylation sites is 2. The van der Waals surface area contributed by atoms with Crippen molar-refractivity contribution in [1.82, 2.24) is 29.6 Å². The lowest BCUT2D eigenvalue weighted by molar-refractivity contribution is -0.645. The quantitative estimate of drug-likeness (QED) is 0.0263. The maximum Gasteiger partial charge on any atom is 0.280 e. The summed E-state index contributed by atoms with van der Waals surface area (Å²) in [5.74, 6) is -1.60. The molecular formula is C40H45N8O11S2+. The summed E-state index contributed by atoms with van der Waals surface area (Å²) in [5.41, 5.74) is 1.02. The monoisotopic (exact) mass is 877 g/mol. The number of sulfonamides is 1. The number of aromatic nitrogens is 5. The van der Waals surface area contributed by atoms with Gasteiger partial charge in [0.1, 0.15) is 12.2 Å². The Morgan fingerprint density at radius 2 is 1.54 bits per heavy atom. The lowest BCUT2D eigenvalue weighted by Gasteiger charge is -2.24. The number of carbonyl (C=O) groups is 2. The van der Waals surface area contributed by atoms with E-state index in [4.69, 9.17) is 5.11 Å². The van der Waals surface area contributed by atoms with Crippen molar-refractivity contribution < 1.29 is 50.9 Å². The summed E-state index contributed by atoms with van der Waals surface area (Å²) in [4.78, 5) is 55.0. The van der Waals surface area contributed by atoms with Crippen LogP contribution in [0, 0.1) is 6.92 Å². The molecule has 21 heteroatoms. The third-order valence-electron chi connectivity index (χ3n) is 9.79. The Morgan fingerprint density at radius 3 is 2.18 bits per heavy atom. The Bertz CT molecular complexity index is 2800. The second-order valence-electron chi connectivity index (χ2n) is 14.2. The van der Waals surface area contributed by atoms with Crippen molar-refractivity contribution in [2.24, 2.45) is 0 Å². The molecule has 0 spiro atoms. The molecule has 3 aromatic carbocycles. The summed E-state index contributed by atoms with van der Waals surface area (Å²) in [6.07, 6.45) is -1.61. The zero-order chi connectivity index (χ0) is 43.9. The van der Waals surface area contributed by atoms with Gasteiger partial charge < -0.3 is 26.0 Å². The molecule has 7 N–H and O–H groups in total. The van der Waals surface area contributed by atoms with Gasteiger partial charge in [0.15, 0.2) is 17.7 Å². The van der Waals surface area contributed by atoms with Gasteiger partial charge in [-0.05, 0) is 44.0 Å². The number of nitrogens with one attached hydrogen (secondary N) is 3. The molecule has 6 aromatic rings. The van der Waals surface area contributed by atoms with Gasteiger partial charge in [0, 0.05) is 44.6 Å². The van der Waals surface area contributed by atoms with Gasteiger partial charge in [0.2, 0.25) is 22.9 Å². The van der Waals surface area contributed by atoms with Crippen LogP contribution in [0.1, 0.15) is 53.4 Å². The van der Waals surface area contributed by atoms with Crippen molar-refractivity contribution >= 4 is 70.9 Å². The minimum absolute atomic E-state index is 0.0137. The number of pyridine rings is 1. The maximum atomic E-state index is 14.8. The molecule has 0 saturated carbocycles. The number of carbonyl (C=O) groups excluding carboxylic acids is 2. The Labute approximate surface area is 349 Å². The van der Waals surface area contributed by atoms with Gasteiger partial charge in [0.05, 0.1) is 45.5 Å². The summed E-state index contributed by atoms with van der Waals surface area (Å²) < 4.78 is 63.6. The van der Waals surface area contributed by atoms with E-state index in [1.165, 1.54) is 12.1 Å². The molecule has 322 valence electrons. The van der Waals surface area contributed by atoms with E-state index in [0.29, 0.717) is 28.2 Å². The number of aliphatic hydroxyl groups excluding tert-OH is 3. The normalized spacial score (nSPS) is 13.0. The fraction of sp³-hybridized carbons (Fsp3) is 0.325. The number of aromatic amines is 1. The molecule has 3 heterocycles. The fourth-order valence-corrected chi connectivity index (χ4v) is 8.64. The molecular weight excluding hydrogens is 833 g/mol. The third-order valence-corrected chi connectivity index (χ3v) is 12.4. The Hall–Kier alpha value is -5.97. The van der Waals surface area contributed by atoms with Crippen molar-refractivity contribution in [2.75, 3.05) is 37.3 Å². The van der Waals surface area contributed by atoms with Crippen LogP contribution >= 0.6 is 0 Å². The SMILES string of the molecule is Cc1ccc(S(=O)(=O)N(CCCC(=O)NCCCNc2nc3ncc([C@H](O)[C@H](O)CO)nc3c(=O)[nH]2)C(=O)c2c3ccccc3[n+](CCCS(=O)(=O)O)c3ccccc23)cc1. The first-order valence-corrected chi connectivity index (χ1v) is 22.3. The lowest BCUT2D eigenvalue weighted by Crippen LogP contribution is -2.41. The van der Waals surface area contributed by atoms with Gasteiger partial charge in [-0.25, -0.2) is 22.7 Å². The van der Waals surface area contributed by atoms with Crippen molar-refractivity contribution in [2.45, 2.75) is 56.3 Å². The van der Waals surface area contributed by atoms with Crippen LogP contribution in [0.2, 0.25) is 0 Å². The highest BCUT2D eigenvalue weighted by atomic mass is 32.2. The zero-order valence-corrected chi connectivity index (χ0v) is 34.6. The molecule has 0 unspecified atom stereocenters. The van der Waals surface area contributed by atoms with Crippen LogP contribution in [-0.4, -0.2) is 111 Å². The maximum absolute atomic E-state index is 14.8. The first-order valence-electron chi connectivity index (χ1n) is 19.3. The van der Waals surface area contributed by atoms with E-state index in [0.717, 1.165) is 16.1 Å². The van der Waals surface area contributed by atoms with Gasteiger partial charge in [-0.1, -0.05) is 42.0 Å². The second-order valence-corrected chi connectivity index (χ2v) is 17.6. The number of benzene rings is 3. The molecule has 2 amide bonds. The van der Waals surface area contributed by atoms with Crippen LogP contribution < -0.4 is 20.8 Å². The van der Waals surface area contributed by atoms with Crippen molar-refractivity contribution in [3.8, 4) is 0 Å². The molecule has 0 fully saturated rings. The number of fused-ring (bicyclic) bond motifs is 3. The summed E-state index contributed by atoms with van der Waals surface area (Å²) in [6.45, 7) is 1.39. The van der Waals surface area contributed by atoms with Crippen LogP contribution in [0.4, 0.5) is 5.95 Å².